The lowest BCUT2D eigenvalue weighted by Gasteiger charge is -2.02. The van der Waals surface area contributed by atoms with Crippen LogP contribution in [0.15, 0.2) is 62.4 Å². The van der Waals surface area contributed by atoms with Crippen molar-refractivity contribution in [1.82, 2.24) is 10.2 Å². The molecule has 0 aliphatic rings. The predicted molar refractivity (Wildman–Crippen MR) is 87.7 cm³/mol. The van der Waals surface area contributed by atoms with Crippen LogP contribution in [0.2, 0.25) is 0 Å². The van der Waals surface area contributed by atoms with Gasteiger partial charge in [0.05, 0.1) is 12.5 Å². The van der Waals surface area contributed by atoms with Crippen molar-refractivity contribution in [1.29, 1.82) is 0 Å². The number of aromatic nitrogens is 2. The van der Waals surface area contributed by atoms with Crippen LogP contribution in [0.1, 0.15) is 0 Å². The summed E-state index contributed by atoms with van der Waals surface area (Å²) in [5, 5.41) is 8.14. The Morgan fingerprint density at radius 1 is 1.04 bits per heavy atom. The highest BCUT2D eigenvalue weighted by Gasteiger charge is 2.16. The molecule has 0 aliphatic heterocycles. The quantitative estimate of drug-likeness (QED) is 0.567. The second-order valence-corrected chi connectivity index (χ2v) is 5.26. The Morgan fingerprint density at radius 3 is 2.56 bits per heavy atom. The third-order valence-electron chi connectivity index (χ3n) is 3.73. The Balaban J connectivity index is 1.81. The Labute approximate surface area is 140 Å². The van der Waals surface area contributed by atoms with Crippen molar-refractivity contribution in [2.75, 3.05) is 7.11 Å². The lowest BCUT2D eigenvalue weighted by atomic mass is 10.1. The van der Waals surface area contributed by atoms with Crippen molar-refractivity contribution in [2.24, 2.45) is 0 Å². The fourth-order valence-electron chi connectivity index (χ4n) is 2.43. The van der Waals surface area contributed by atoms with Crippen molar-refractivity contribution in [3.8, 4) is 28.7 Å². The molecule has 4 rings (SSSR count). The largest absolute Gasteiger partial charge is 0.497 e. The van der Waals surface area contributed by atoms with Crippen LogP contribution in [0.4, 0.5) is 4.39 Å². The van der Waals surface area contributed by atoms with E-state index in [-0.39, 0.29) is 28.6 Å². The van der Waals surface area contributed by atoms with Crippen LogP contribution in [0.25, 0.3) is 33.9 Å². The van der Waals surface area contributed by atoms with Gasteiger partial charge in [0.1, 0.15) is 29.0 Å². The first-order chi connectivity index (χ1) is 12.2. The van der Waals surface area contributed by atoms with E-state index < -0.39 is 0 Å². The molecule has 2 heterocycles. The van der Waals surface area contributed by atoms with Crippen molar-refractivity contribution < 1.29 is 18.0 Å². The number of fused-ring (bicyclic) bond motifs is 1. The van der Waals surface area contributed by atoms with E-state index in [1.165, 1.54) is 37.6 Å². The molecular weight excluding hydrogens is 327 g/mol. The van der Waals surface area contributed by atoms with E-state index >= 15 is 0 Å². The smallest absolute Gasteiger partial charge is 0.255 e. The number of methoxy groups -OCH3 is 1. The van der Waals surface area contributed by atoms with Gasteiger partial charge >= 0.3 is 0 Å². The topological polar surface area (TPSA) is 78.4 Å². The Hall–Kier alpha value is -3.48. The van der Waals surface area contributed by atoms with Crippen molar-refractivity contribution in [2.45, 2.75) is 0 Å². The molecule has 4 aromatic rings. The van der Waals surface area contributed by atoms with Crippen LogP contribution in [0.3, 0.4) is 0 Å². The number of benzene rings is 2. The molecular formula is C18H11FN2O4. The lowest BCUT2D eigenvalue weighted by molar-refractivity contribution is 0.415. The summed E-state index contributed by atoms with van der Waals surface area (Å²) in [6.45, 7) is 0. The number of hydrogen-bond donors (Lipinski definition) is 0. The van der Waals surface area contributed by atoms with Crippen molar-refractivity contribution >= 4 is 11.0 Å². The average Bonchev–Trinajstić information content (AvgIpc) is 3.12. The highest BCUT2D eigenvalue weighted by molar-refractivity contribution is 5.81. The number of halogens is 1. The molecule has 0 fully saturated rings. The maximum Gasteiger partial charge on any atom is 0.255 e. The van der Waals surface area contributed by atoms with Crippen LogP contribution in [0, 0.1) is 5.82 Å². The molecule has 0 aliphatic carbocycles. The van der Waals surface area contributed by atoms with E-state index in [2.05, 4.69) is 10.2 Å². The van der Waals surface area contributed by atoms with Crippen molar-refractivity contribution in [3.63, 3.8) is 0 Å². The molecule has 0 bridgehead atoms. The summed E-state index contributed by atoms with van der Waals surface area (Å²) in [4.78, 5) is 12.7. The second kappa shape index (κ2) is 5.86. The van der Waals surface area contributed by atoms with Gasteiger partial charge in [0, 0.05) is 5.56 Å². The van der Waals surface area contributed by atoms with Gasteiger partial charge in [0.25, 0.3) is 5.89 Å². The van der Waals surface area contributed by atoms with E-state index in [0.717, 1.165) is 0 Å². The number of rotatable bonds is 3. The van der Waals surface area contributed by atoms with E-state index in [1.54, 1.807) is 18.2 Å². The second-order valence-electron chi connectivity index (χ2n) is 5.26. The van der Waals surface area contributed by atoms with Gasteiger partial charge in [0.2, 0.25) is 11.3 Å². The monoisotopic (exact) mass is 338 g/mol. The standard InChI is InChI=1S/C18H11FN2O4/c1-23-12-6-7-15-13(8-12)16(22)14(9-24-15)18-21-20-17(25-18)10-2-4-11(19)5-3-10/h2-9H,1H3. The molecule has 2 aromatic heterocycles. The van der Waals surface area contributed by atoms with E-state index in [4.69, 9.17) is 13.6 Å². The molecule has 0 spiro atoms. The first kappa shape index (κ1) is 15.1. The number of hydrogen-bond acceptors (Lipinski definition) is 6. The van der Waals surface area contributed by atoms with Gasteiger partial charge in [-0.25, -0.2) is 4.39 Å². The summed E-state index contributed by atoms with van der Waals surface area (Å²) in [6, 6.07) is 10.5. The average molecular weight is 338 g/mol. The lowest BCUT2D eigenvalue weighted by Crippen LogP contribution is -2.05. The van der Waals surface area contributed by atoms with Gasteiger partial charge < -0.3 is 13.6 Å². The highest BCUT2D eigenvalue weighted by Crippen LogP contribution is 2.25. The molecule has 25 heavy (non-hydrogen) atoms. The van der Waals surface area contributed by atoms with Gasteiger partial charge in [-0.3, -0.25) is 4.79 Å². The van der Waals surface area contributed by atoms with Crippen LogP contribution >= 0.6 is 0 Å². The number of nitrogens with zero attached hydrogens (tertiary/aromatic N) is 2. The molecule has 7 heteroatoms. The Kier molecular flexibility index (Phi) is 3.53. The normalized spacial score (nSPS) is 11.0. The molecule has 124 valence electrons. The number of ether oxygens (including phenoxy) is 1. The molecule has 2 aromatic carbocycles. The summed E-state index contributed by atoms with van der Waals surface area (Å²) < 4.78 is 29.2. The minimum atomic E-state index is -0.368. The molecule has 0 radical (unpaired) electrons. The van der Waals surface area contributed by atoms with E-state index in [9.17, 15) is 9.18 Å². The third-order valence-corrected chi connectivity index (χ3v) is 3.73. The minimum Gasteiger partial charge on any atom is -0.497 e. The summed E-state index contributed by atoms with van der Waals surface area (Å²) in [7, 11) is 1.51. The van der Waals surface area contributed by atoms with Gasteiger partial charge in [-0.2, -0.15) is 0 Å². The van der Waals surface area contributed by atoms with Gasteiger partial charge in [-0.1, -0.05) is 0 Å². The predicted octanol–water partition coefficient (Wildman–Crippen LogP) is 3.66. The summed E-state index contributed by atoms with van der Waals surface area (Å²) in [5.41, 5.74) is 0.802. The first-order valence-electron chi connectivity index (χ1n) is 7.35. The van der Waals surface area contributed by atoms with Gasteiger partial charge in [0.15, 0.2) is 0 Å². The molecule has 0 unspecified atom stereocenters. The molecule has 6 nitrogen and oxygen atoms in total. The van der Waals surface area contributed by atoms with Crippen LogP contribution < -0.4 is 10.2 Å². The van der Waals surface area contributed by atoms with Crippen LogP contribution in [-0.2, 0) is 0 Å². The van der Waals surface area contributed by atoms with E-state index in [0.29, 0.717) is 22.3 Å². The Bertz CT molecular complexity index is 1120. The highest BCUT2D eigenvalue weighted by atomic mass is 19.1. The molecule has 0 saturated carbocycles. The zero-order valence-electron chi connectivity index (χ0n) is 13.0. The van der Waals surface area contributed by atoms with E-state index in [1.807, 2.05) is 0 Å². The van der Waals surface area contributed by atoms with Gasteiger partial charge in [-0.15, -0.1) is 10.2 Å². The maximum atomic E-state index is 13.0. The zero-order valence-corrected chi connectivity index (χ0v) is 13.0. The Morgan fingerprint density at radius 2 is 1.80 bits per heavy atom. The van der Waals surface area contributed by atoms with Crippen LogP contribution in [0.5, 0.6) is 5.75 Å². The molecule has 0 N–H and O–H groups in total. The molecule has 0 saturated heterocycles. The maximum absolute atomic E-state index is 13.0. The SMILES string of the molecule is COc1ccc2occ(-c3nnc(-c4ccc(F)cc4)o3)c(=O)c2c1. The zero-order chi connectivity index (χ0) is 17.4. The summed E-state index contributed by atoms with van der Waals surface area (Å²) >= 11 is 0. The molecule has 0 atom stereocenters. The molecule has 0 amide bonds. The third kappa shape index (κ3) is 2.65. The minimum absolute atomic E-state index is 0.0257. The fourth-order valence-corrected chi connectivity index (χ4v) is 2.43. The van der Waals surface area contributed by atoms with Gasteiger partial charge in [-0.05, 0) is 42.5 Å². The van der Waals surface area contributed by atoms with Crippen LogP contribution in [-0.4, -0.2) is 17.3 Å². The van der Waals surface area contributed by atoms with Crippen molar-refractivity contribution in [3.05, 3.63) is 64.8 Å². The first-order valence-corrected chi connectivity index (χ1v) is 7.35. The fraction of sp³-hybridized carbons (Fsp3) is 0.0556. The summed E-state index contributed by atoms with van der Waals surface area (Å²) in [5.74, 6) is 0.375. The summed E-state index contributed by atoms with van der Waals surface area (Å²) in [6.07, 6.45) is 1.28.